The molecule has 2 aliphatic rings. The van der Waals surface area contributed by atoms with Gasteiger partial charge in [0, 0.05) is 6.26 Å². The topological polar surface area (TPSA) is 129 Å². The molecule has 9 nitrogen and oxygen atoms in total. The van der Waals surface area contributed by atoms with E-state index in [9.17, 15) is 18.0 Å². The molecule has 1 aromatic heterocycles. The maximum Gasteiger partial charge on any atom is 0.353 e. The van der Waals surface area contributed by atoms with Crippen molar-refractivity contribution in [2.75, 3.05) is 6.26 Å². The molecule has 0 saturated heterocycles. The van der Waals surface area contributed by atoms with Crippen LogP contribution in [0.3, 0.4) is 0 Å². The molecular weight excluding hydrogens is 448 g/mol. The highest BCUT2D eigenvalue weighted by atomic mass is 32.2. The SMILES string of the molecule is CS(=O)(=O)C1=NSC2=NC(=O)/C(=C\c3ccc(OC(=O)c4cccs4)cc3)C(=N)N21. The second kappa shape index (κ2) is 7.63. The van der Waals surface area contributed by atoms with Crippen molar-refractivity contribution >= 4 is 67.2 Å². The van der Waals surface area contributed by atoms with E-state index in [1.54, 1.807) is 41.8 Å². The van der Waals surface area contributed by atoms with Gasteiger partial charge < -0.3 is 4.74 Å². The molecule has 2 aliphatic heterocycles. The van der Waals surface area contributed by atoms with Crippen LogP contribution in [0.2, 0.25) is 0 Å². The third kappa shape index (κ3) is 3.84. The summed E-state index contributed by atoms with van der Waals surface area (Å²) < 4.78 is 32.9. The van der Waals surface area contributed by atoms with Gasteiger partial charge >= 0.3 is 5.97 Å². The lowest BCUT2D eigenvalue weighted by molar-refractivity contribution is -0.114. The van der Waals surface area contributed by atoms with E-state index in [1.807, 2.05) is 0 Å². The van der Waals surface area contributed by atoms with Crippen molar-refractivity contribution in [2.45, 2.75) is 0 Å². The number of hydrogen-bond donors (Lipinski definition) is 1. The van der Waals surface area contributed by atoms with Crippen LogP contribution in [-0.2, 0) is 14.6 Å². The van der Waals surface area contributed by atoms with E-state index in [-0.39, 0.29) is 21.7 Å². The second-order valence-electron chi connectivity index (χ2n) is 6.11. The second-order valence-corrected chi connectivity index (χ2v) is 9.70. The summed E-state index contributed by atoms with van der Waals surface area (Å²) in [6.07, 6.45) is 2.39. The summed E-state index contributed by atoms with van der Waals surface area (Å²) in [4.78, 5) is 29.7. The van der Waals surface area contributed by atoms with Crippen molar-refractivity contribution < 1.29 is 22.7 Å². The summed E-state index contributed by atoms with van der Waals surface area (Å²) in [6.45, 7) is 0. The Bertz CT molecular complexity index is 1260. The van der Waals surface area contributed by atoms with Gasteiger partial charge in [-0.3, -0.25) is 10.2 Å². The fourth-order valence-corrected chi connectivity index (χ4v) is 5.03. The van der Waals surface area contributed by atoms with Gasteiger partial charge in [0.05, 0.1) is 17.5 Å². The number of thiophene rings is 1. The molecule has 0 fully saturated rings. The van der Waals surface area contributed by atoms with Crippen LogP contribution in [0.1, 0.15) is 15.2 Å². The van der Waals surface area contributed by atoms with Crippen LogP contribution < -0.4 is 4.74 Å². The monoisotopic (exact) mass is 460 g/mol. The van der Waals surface area contributed by atoms with Gasteiger partial charge in [0.1, 0.15) is 16.5 Å². The number of amides is 1. The quantitative estimate of drug-likeness (QED) is 0.322. The molecule has 2 aromatic rings. The molecule has 12 heteroatoms. The van der Waals surface area contributed by atoms with Gasteiger partial charge in [-0.25, -0.2) is 18.1 Å². The number of aliphatic imine (C=N–C) groups is 1. The van der Waals surface area contributed by atoms with Crippen molar-refractivity contribution in [1.29, 1.82) is 5.41 Å². The lowest BCUT2D eigenvalue weighted by atomic mass is 10.1. The first-order valence-corrected chi connectivity index (χ1v) is 11.8. The number of benzene rings is 1. The van der Waals surface area contributed by atoms with Gasteiger partial charge in [-0.05, 0) is 35.2 Å². The molecule has 0 atom stereocenters. The molecular formula is C18H12N4O5S3. The zero-order chi connectivity index (χ0) is 21.5. The Morgan fingerprint density at radius 1 is 1.23 bits per heavy atom. The van der Waals surface area contributed by atoms with Gasteiger partial charge in [0.25, 0.3) is 5.91 Å². The number of esters is 1. The van der Waals surface area contributed by atoms with Gasteiger partial charge in [-0.2, -0.15) is 9.39 Å². The number of nitrogens with one attached hydrogen (secondary N) is 1. The molecule has 1 N–H and O–H groups in total. The molecule has 0 radical (unpaired) electrons. The third-order valence-corrected chi connectivity index (χ3v) is 6.55. The number of hydrogen-bond acceptors (Lipinski definition) is 9. The number of nitrogens with zero attached hydrogens (tertiary/aromatic N) is 3. The lowest BCUT2D eigenvalue weighted by Gasteiger charge is -2.23. The van der Waals surface area contributed by atoms with Gasteiger partial charge in [-0.15, -0.1) is 11.3 Å². The van der Waals surface area contributed by atoms with Crippen molar-refractivity contribution in [2.24, 2.45) is 9.39 Å². The molecule has 30 heavy (non-hydrogen) atoms. The fourth-order valence-electron chi connectivity index (χ4n) is 2.59. The molecule has 3 heterocycles. The number of rotatable bonds is 3. The summed E-state index contributed by atoms with van der Waals surface area (Å²) in [5.41, 5.74) is 0.461. The number of ether oxygens (including phenoxy) is 1. The highest BCUT2D eigenvalue weighted by Gasteiger charge is 2.41. The summed E-state index contributed by atoms with van der Waals surface area (Å²) in [5.74, 6) is -1.14. The van der Waals surface area contributed by atoms with Crippen molar-refractivity contribution in [3.05, 3.63) is 57.8 Å². The van der Waals surface area contributed by atoms with Crippen LogP contribution in [-0.4, -0.2) is 47.6 Å². The molecule has 4 rings (SSSR count). The minimum absolute atomic E-state index is 0.0263. The van der Waals surface area contributed by atoms with Crippen LogP contribution in [0.5, 0.6) is 5.75 Å². The first-order chi connectivity index (χ1) is 14.2. The maximum absolute atomic E-state index is 12.3. The summed E-state index contributed by atoms with van der Waals surface area (Å²) in [6, 6.07) is 9.73. The average Bonchev–Trinajstić information content (AvgIpc) is 3.36. The Morgan fingerprint density at radius 2 is 1.97 bits per heavy atom. The molecule has 0 saturated carbocycles. The number of sulfone groups is 1. The standard InChI is InChI=1S/C18H12N4O5S3/c1-30(25,26)18-21-29-17-20-15(23)12(14(19)22(17)18)9-10-4-6-11(7-5-10)27-16(24)13-3-2-8-28-13/h2-9,19H,1H3/b12-9-,19-14?. The fraction of sp³-hybridized carbons (Fsp3) is 0.0556. The largest absolute Gasteiger partial charge is 0.422 e. The van der Waals surface area contributed by atoms with E-state index < -0.39 is 21.7 Å². The Morgan fingerprint density at radius 3 is 2.60 bits per heavy atom. The molecule has 0 aliphatic carbocycles. The van der Waals surface area contributed by atoms with Crippen LogP contribution in [0.15, 0.2) is 56.7 Å². The number of amidine groups is 3. The Kier molecular flexibility index (Phi) is 5.13. The van der Waals surface area contributed by atoms with Gasteiger partial charge in [0.2, 0.25) is 20.2 Å². The van der Waals surface area contributed by atoms with Crippen molar-refractivity contribution in [1.82, 2.24) is 4.90 Å². The first kappa shape index (κ1) is 20.2. The Balaban J connectivity index is 1.57. The number of carbonyl (C=O) groups excluding carboxylic acids is 2. The molecule has 1 aromatic carbocycles. The van der Waals surface area contributed by atoms with Crippen LogP contribution in [0.4, 0.5) is 0 Å². The van der Waals surface area contributed by atoms with Gasteiger partial charge in [-0.1, -0.05) is 18.2 Å². The molecule has 0 unspecified atom stereocenters. The minimum atomic E-state index is -3.71. The van der Waals surface area contributed by atoms with E-state index in [0.717, 1.165) is 23.1 Å². The van der Waals surface area contributed by atoms with Crippen LogP contribution in [0.25, 0.3) is 6.08 Å². The smallest absolute Gasteiger partial charge is 0.353 e. The highest BCUT2D eigenvalue weighted by Crippen LogP contribution is 2.29. The summed E-state index contributed by atoms with van der Waals surface area (Å²) >= 11 is 2.00. The first-order valence-electron chi connectivity index (χ1n) is 8.28. The zero-order valence-corrected chi connectivity index (χ0v) is 17.7. The molecule has 152 valence electrons. The highest BCUT2D eigenvalue weighted by molar-refractivity contribution is 8.16. The van der Waals surface area contributed by atoms with Crippen molar-refractivity contribution in [3.8, 4) is 5.75 Å². The van der Waals surface area contributed by atoms with Crippen LogP contribution >= 0.6 is 23.3 Å². The maximum atomic E-state index is 12.3. The predicted octanol–water partition coefficient (Wildman–Crippen LogP) is 2.59. The van der Waals surface area contributed by atoms with E-state index >= 15 is 0 Å². The van der Waals surface area contributed by atoms with E-state index in [0.29, 0.717) is 16.2 Å². The number of carbonyl (C=O) groups is 2. The van der Waals surface area contributed by atoms with E-state index in [4.69, 9.17) is 10.1 Å². The zero-order valence-electron chi connectivity index (χ0n) is 15.2. The third-order valence-electron chi connectivity index (χ3n) is 3.95. The Hall–Kier alpha value is -3.09. The predicted molar refractivity (Wildman–Crippen MR) is 116 cm³/mol. The van der Waals surface area contributed by atoms with E-state index in [2.05, 4.69) is 9.39 Å². The van der Waals surface area contributed by atoms with Gasteiger partial charge in [0.15, 0.2) is 0 Å². The van der Waals surface area contributed by atoms with Crippen molar-refractivity contribution in [3.63, 3.8) is 0 Å². The lowest BCUT2D eigenvalue weighted by Crippen LogP contribution is -2.45. The number of fused-ring (bicyclic) bond motifs is 1. The molecule has 0 bridgehead atoms. The average molecular weight is 461 g/mol. The summed E-state index contributed by atoms with van der Waals surface area (Å²) in [5, 5.41) is 9.76. The normalized spacial score (nSPS) is 17.6. The molecule has 0 spiro atoms. The minimum Gasteiger partial charge on any atom is -0.422 e. The Labute approximate surface area is 179 Å². The van der Waals surface area contributed by atoms with Crippen LogP contribution in [0, 0.1) is 5.41 Å². The summed E-state index contributed by atoms with van der Waals surface area (Å²) in [7, 11) is -3.71. The molecule has 1 amide bonds. The van der Waals surface area contributed by atoms with E-state index in [1.165, 1.54) is 17.4 Å².